The van der Waals surface area contributed by atoms with Crippen molar-refractivity contribution in [1.82, 2.24) is 9.78 Å². The van der Waals surface area contributed by atoms with Crippen molar-refractivity contribution in [1.29, 1.82) is 0 Å². The van der Waals surface area contributed by atoms with E-state index < -0.39 is 0 Å². The van der Waals surface area contributed by atoms with Crippen molar-refractivity contribution >= 4 is 17.6 Å². The Labute approximate surface area is 89.3 Å². The Hall–Kier alpha value is -0.640. The van der Waals surface area contributed by atoms with Gasteiger partial charge in [0.25, 0.3) is 0 Å². The number of nitrogens with zero attached hydrogens (tertiary/aromatic N) is 2. The number of hydrogen-bond acceptors (Lipinski definition) is 3. The Morgan fingerprint density at radius 3 is 2.93 bits per heavy atom. The minimum Gasteiger partial charge on any atom is -0.373 e. The Kier molecular flexibility index (Phi) is 2.72. The number of aromatic nitrogens is 2. The number of anilines is 1. The van der Waals surface area contributed by atoms with Crippen LogP contribution in [0.3, 0.4) is 0 Å². The van der Waals surface area contributed by atoms with Gasteiger partial charge < -0.3 is 5.32 Å². The molecule has 0 saturated carbocycles. The minimum atomic E-state index is 0.438. The fraction of sp³-hybridized carbons (Fsp3) is 0.700. The molecule has 0 radical (unpaired) electrons. The zero-order valence-electron chi connectivity index (χ0n) is 9.00. The Bertz CT molecular complexity index is 330. The first-order valence-electron chi connectivity index (χ1n) is 5.09. The van der Waals surface area contributed by atoms with Gasteiger partial charge in [0.2, 0.25) is 0 Å². The van der Waals surface area contributed by atoms with E-state index >= 15 is 0 Å². The van der Waals surface area contributed by atoms with Gasteiger partial charge in [0.1, 0.15) is 5.82 Å². The molecular weight excluding hydrogens is 194 g/mol. The topological polar surface area (TPSA) is 29.9 Å². The average Bonchev–Trinajstić information content (AvgIpc) is 2.56. The first-order valence-corrected chi connectivity index (χ1v) is 6.25. The second-order valence-electron chi connectivity index (χ2n) is 3.86. The van der Waals surface area contributed by atoms with Crippen molar-refractivity contribution in [2.24, 2.45) is 0 Å². The number of aryl methyl sites for hydroxylation is 1. The lowest BCUT2D eigenvalue weighted by atomic mass is 10.2. The van der Waals surface area contributed by atoms with Gasteiger partial charge in [-0.1, -0.05) is 0 Å². The second kappa shape index (κ2) is 3.85. The zero-order chi connectivity index (χ0) is 10.1. The van der Waals surface area contributed by atoms with Gasteiger partial charge >= 0.3 is 0 Å². The third-order valence-corrected chi connectivity index (χ3v) is 3.53. The Balaban J connectivity index is 2.46. The SMILES string of the molecule is CNc1c2c(nn1C(C)C)CCSC2. The van der Waals surface area contributed by atoms with Gasteiger partial charge in [0, 0.05) is 30.8 Å². The van der Waals surface area contributed by atoms with Crippen LogP contribution in [0.4, 0.5) is 5.82 Å². The molecule has 0 saturated heterocycles. The molecule has 1 aromatic rings. The highest BCUT2D eigenvalue weighted by molar-refractivity contribution is 7.98. The summed E-state index contributed by atoms with van der Waals surface area (Å²) < 4.78 is 2.11. The van der Waals surface area contributed by atoms with Crippen LogP contribution in [0.5, 0.6) is 0 Å². The van der Waals surface area contributed by atoms with Crippen LogP contribution in [0.25, 0.3) is 0 Å². The number of thioether (sulfide) groups is 1. The van der Waals surface area contributed by atoms with Crippen molar-refractivity contribution in [3.63, 3.8) is 0 Å². The molecule has 2 heterocycles. The highest BCUT2D eigenvalue weighted by atomic mass is 32.2. The van der Waals surface area contributed by atoms with Gasteiger partial charge in [-0.2, -0.15) is 16.9 Å². The quantitative estimate of drug-likeness (QED) is 0.814. The highest BCUT2D eigenvalue weighted by Gasteiger charge is 2.20. The van der Waals surface area contributed by atoms with Gasteiger partial charge in [-0.3, -0.25) is 0 Å². The summed E-state index contributed by atoms with van der Waals surface area (Å²) in [5.41, 5.74) is 2.71. The molecule has 1 N–H and O–H groups in total. The van der Waals surface area contributed by atoms with Crippen molar-refractivity contribution in [2.45, 2.75) is 32.1 Å². The summed E-state index contributed by atoms with van der Waals surface area (Å²) in [6.07, 6.45) is 1.12. The van der Waals surface area contributed by atoms with Crippen molar-refractivity contribution in [3.05, 3.63) is 11.3 Å². The van der Waals surface area contributed by atoms with Crippen LogP contribution in [0.2, 0.25) is 0 Å². The molecule has 78 valence electrons. The van der Waals surface area contributed by atoms with Crippen molar-refractivity contribution < 1.29 is 0 Å². The normalized spacial score (nSPS) is 15.7. The first kappa shape index (κ1) is 9.90. The summed E-state index contributed by atoms with van der Waals surface area (Å²) in [5.74, 6) is 3.53. The maximum Gasteiger partial charge on any atom is 0.128 e. The summed E-state index contributed by atoms with van der Waals surface area (Å²) in [5, 5.41) is 7.93. The molecule has 1 aliphatic heterocycles. The van der Waals surface area contributed by atoms with Gasteiger partial charge in [-0.15, -0.1) is 0 Å². The van der Waals surface area contributed by atoms with Crippen LogP contribution in [-0.4, -0.2) is 22.6 Å². The van der Waals surface area contributed by atoms with E-state index in [2.05, 4.69) is 28.9 Å². The molecule has 1 aromatic heterocycles. The molecule has 0 aliphatic carbocycles. The summed E-state index contributed by atoms with van der Waals surface area (Å²) in [4.78, 5) is 0. The number of rotatable bonds is 2. The molecule has 4 heteroatoms. The van der Waals surface area contributed by atoms with Gasteiger partial charge in [0.15, 0.2) is 0 Å². The molecule has 1 aliphatic rings. The van der Waals surface area contributed by atoms with Gasteiger partial charge in [-0.25, -0.2) is 4.68 Å². The van der Waals surface area contributed by atoms with E-state index in [1.54, 1.807) is 0 Å². The molecule has 0 amide bonds. The predicted octanol–water partition coefficient (Wildman–Crippen LogP) is 2.29. The van der Waals surface area contributed by atoms with E-state index in [9.17, 15) is 0 Å². The summed E-state index contributed by atoms with van der Waals surface area (Å²) in [6.45, 7) is 4.35. The van der Waals surface area contributed by atoms with E-state index in [1.807, 2.05) is 18.8 Å². The molecule has 2 rings (SSSR count). The second-order valence-corrected chi connectivity index (χ2v) is 4.97. The maximum atomic E-state index is 4.66. The molecule has 0 unspecified atom stereocenters. The Morgan fingerprint density at radius 1 is 1.50 bits per heavy atom. The summed E-state index contributed by atoms with van der Waals surface area (Å²) in [7, 11) is 1.98. The molecule has 3 nitrogen and oxygen atoms in total. The molecule has 0 spiro atoms. The van der Waals surface area contributed by atoms with Crippen LogP contribution in [-0.2, 0) is 12.2 Å². The van der Waals surface area contributed by atoms with E-state index in [0.29, 0.717) is 6.04 Å². The molecular formula is C10H17N3S. The lowest BCUT2D eigenvalue weighted by molar-refractivity contribution is 0.533. The lowest BCUT2D eigenvalue weighted by Crippen LogP contribution is -2.07. The summed E-state index contributed by atoms with van der Waals surface area (Å²) >= 11 is 2.00. The van der Waals surface area contributed by atoms with E-state index in [4.69, 9.17) is 0 Å². The number of fused-ring (bicyclic) bond motifs is 1. The third kappa shape index (κ3) is 1.52. The molecule has 14 heavy (non-hydrogen) atoms. The summed E-state index contributed by atoms with van der Waals surface area (Å²) in [6, 6.07) is 0.438. The monoisotopic (exact) mass is 211 g/mol. The largest absolute Gasteiger partial charge is 0.373 e. The predicted molar refractivity (Wildman–Crippen MR) is 62.0 cm³/mol. The fourth-order valence-electron chi connectivity index (χ4n) is 1.85. The van der Waals surface area contributed by atoms with Crippen LogP contribution in [0.1, 0.15) is 31.1 Å². The van der Waals surface area contributed by atoms with E-state index in [-0.39, 0.29) is 0 Å². The molecule has 0 bridgehead atoms. The Morgan fingerprint density at radius 2 is 2.29 bits per heavy atom. The first-order chi connectivity index (χ1) is 6.74. The van der Waals surface area contributed by atoms with E-state index in [0.717, 1.165) is 12.2 Å². The average molecular weight is 211 g/mol. The van der Waals surface area contributed by atoms with Gasteiger partial charge in [0.05, 0.1) is 5.69 Å². The molecule has 0 atom stereocenters. The van der Waals surface area contributed by atoms with Crippen molar-refractivity contribution in [2.75, 3.05) is 18.1 Å². The van der Waals surface area contributed by atoms with Crippen molar-refractivity contribution in [3.8, 4) is 0 Å². The van der Waals surface area contributed by atoms with Crippen LogP contribution in [0.15, 0.2) is 0 Å². The maximum absolute atomic E-state index is 4.66. The van der Waals surface area contributed by atoms with E-state index in [1.165, 1.54) is 22.8 Å². The minimum absolute atomic E-state index is 0.438. The highest BCUT2D eigenvalue weighted by Crippen LogP contribution is 2.31. The number of nitrogens with one attached hydrogen (secondary N) is 1. The zero-order valence-corrected chi connectivity index (χ0v) is 9.82. The molecule has 0 aromatic carbocycles. The van der Waals surface area contributed by atoms with Crippen LogP contribution >= 0.6 is 11.8 Å². The third-order valence-electron chi connectivity index (χ3n) is 2.55. The fourth-order valence-corrected chi connectivity index (χ4v) is 2.84. The van der Waals surface area contributed by atoms with Crippen LogP contribution < -0.4 is 5.32 Å². The lowest BCUT2D eigenvalue weighted by Gasteiger charge is -2.12. The van der Waals surface area contributed by atoms with Gasteiger partial charge in [-0.05, 0) is 19.6 Å². The number of hydrogen-bond donors (Lipinski definition) is 1. The van der Waals surface area contributed by atoms with Crippen LogP contribution in [0, 0.1) is 0 Å². The molecule has 0 fully saturated rings. The smallest absolute Gasteiger partial charge is 0.128 e. The standard InChI is InChI=1S/C10H17N3S/c1-7(2)13-10(11-3)8-6-14-5-4-9(8)12-13/h7,11H,4-6H2,1-3H3.